The second-order valence-electron chi connectivity index (χ2n) is 6.15. The summed E-state index contributed by atoms with van der Waals surface area (Å²) in [6.45, 7) is 6.11. The summed E-state index contributed by atoms with van der Waals surface area (Å²) in [4.78, 5) is 21.3. The molecule has 3 rings (SSSR count). The van der Waals surface area contributed by atoms with Gasteiger partial charge in [0, 0.05) is 16.8 Å². The summed E-state index contributed by atoms with van der Waals surface area (Å²) < 4.78 is 5.62. The van der Waals surface area contributed by atoms with Crippen molar-refractivity contribution in [3.8, 4) is 5.75 Å². The number of rotatable bonds is 6. The largest absolute Gasteiger partial charge is 0.492 e. The molecular formula is C21H21ClN4O2. The first kappa shape index (κ1) is 19.6. The van der Waals surface area contributed by atoms with Gasteiger partial charge in [0.05, 0.1) is 12.3 Å². The third-order valence-corrected chi connectivity index (χ3v) is 4.20. The lowest BCUT2D eigenvalue weighted by atomic mass is 10.2. The highest BCUT2D eigenvalue weighted by Gasteiger charge is 2.13. The maximum absolute atomic E-state index is 12.7. The number of aryl methyl sites for hydroxylation is 2. The molecule has 1 amide bonds. The van der Waals surface area contributed by atoms with Gasteiger partial charge >= 0.3 is 0 Å². The Balaban J connectivity index is 1.85. The molecule has 0 aliphatic heterocycles. The third-order valence-electron chi connectivity index (χ3n) is 3.97. The lowest BCUT2D eigenvalue weighted by molar-refractivity contribution is 0.102. The molecule has 0 aliphatic rings. The van der Waals surface area contributed by atoms with Crippen molar-refractivity contribution in [1.82, 2.24) is 9.97 Å². The summed E-state index contributed by atoms with van der Waals surface area (Å²) in [5.41, 5.74) is 2.57. The van der Waals surface area contributed by atoms with Crippen molar-refractivity contribution in [2.24, 2.45) is 0 Å². The SMILES string of the molecule is CCOc1ccccc1Nc1cc(C(=O)Nc2cc(Cl)ccc2C)nc(C)n1. The van der Waals surface area contributed by atoms with Crippen molar-refractivity contribution >= 4 is 34.7 Å². The molecule has 7 heteroatoms. The minimum Gasteiger partial charge on any atom is -0.492 e. The molecule has 0 aliphatic carbocycles. The van der Waals surface area contributed by atoms with Crippen molar-refractivity contribution < 1.29 is 9.53 Å². The van der Waals surface area contributed by atoms with Gasteiger partial charge in [-0.25, -0.2) is 9.97 Å². The topological polar surface area (TPSA) is 76.1 Å². The molecule has 1 aromatic heterocycles. The van der Waals surface area contributed by atoms with Gasteiger partial charge in [-0.1, -0.05) is 29.8 Å². The number of para-hydroxylation sites is 2. The summed E-state index contributed by atoms with van der Waals surface area (Å²) in [6, 6.07) is 14.5. The summed E-state index contributed by atoms with van der Waals surface area (Å²) in [5, 5.41) is 6.60. The fourth-order valence-corrected chi connectivity index (χ4v) is 2.82. The monoisotopic (exact) mass is 396 g/mol. The summed E-state index contributed by atoms with van der Waals surface area (Å²) >= 11 is 6.03. The van der Waals surface area contributed by atoms with Crippen LogP contribution >= 0.6 is 11.6 Å². The van der Waals surface area contributed by atoms with E-state index in [-0.39, 0.29) is 11.6 Å². The molecule has 2 N–H and O–H groups in total. The number of anilines is 3. The first-order valence-electron chi connectivity index (χ1n) is 8.88. The van der Waals surface area contributed by atoms with E-state index in [1.165, 1.54) is 0 Å². The second kappa shape index (κ2) is 8.71. The van der Waals surface area contributed by atoms with Gasteiger partial charge in [-0.05, 0) is 50.6 Å². The highest BCUT2D eigenvalue weighted by Crippen LogP contribution is 2.27. The van der Waals surface area contributed by atoms with Crippen molar-refractivity contribution in [1.29, 1.82) is 0 Å². The molecule has 0 saturated carbocycles. The van der Waals surface area contributed by atoms with Gasteiger partial charge in [0.2, 0.25) is 0 Å². The number of aromatic nitrogens is 2. The molecule has 0 atom stereocenters. The molecule has 144 valence electrons. The van der Waals surface area contributed by atoms with Gasteiger partial charge in [0.1, 0.15) is 23.1 Å². The van der Waals surface area contributed by atoms with Crippen molar-refractivity contribution in [3.05, 3.63) is 70.6 Å². The van der Waals surface area contributed by atoms with Gasteiger partial charge in [0.15, 0.2) is 0 Å². The highest BCUT2D eigenvalue weighted by molar-refractivity contribution is 6.31. The number of nitrogens with one attached hydrogen (secondary N) is 2. The van der Waals surface area contributed by atoms with Crippen LogP contribution in [0.15, 0.2) is 48.5 Å². The van der Waals surface area contributed by atoms with Gasteiger partial charge < -0.3 is 15.4 Å². The molecule has 2 aromatic carbocycles. The molecule has 0 unspecified atom stereocenters. The molecule has 6 nitrogen and oxygen atoms in total. The van der Waals surface area contributed by atoms with Crippen LogP contribution in [0, 0.1) is 13.8 Å². The smallest absolute Gasteiger partial charge is 0.274 e. The molecule has 0 fully saturated rings. The van der Waals surface area contributed by atoms with Crippen LogP contribution in [0.25, 0.3) is 0 Å². The minimum atomic E-state index is -0.336. The first-order valence-corrected chi connectivity index (χ1v) is 9.26. The molecular weight excluding hydrogens is 376 g/mol. The number of carbonyl (C=O) groups is 1. The van der Waals surface area contributed by atoms with Crippen LogP contribution in [0.4, 0.5) is 17.2 Å². The maximum atomic E-state index is 12.7. The molecule has 0 saturated heterocycles. The van der Waals surface area contributed by atoms with E-state index in [2.05, 4.69) is 20.6 Å². The fraction of sp³-hybridized carbons (Fsp3) is 0.190. The zero-order valence-corrected chi connectivity index (χ0v) is 16.7. The van der Waals surface area contributed by atoms with Gasteiger partial charge in [-0.15, -0.1) is 0 Å². The molecule has 0 radical (unpaired) electrons. The van der Waals surface area contributed by atoms with E-state index < -0.39 is 0 Å². The van der Waals surface area contributed by atoms with Gasteiger partial charge in [-0.2, -0.15) is 0 Å². The van der Waals surface area contributed by atoms with E-state index >= 15 is 0 Å². The minimum absolute atomic E-state index is 0.253. The Hall–Kier alpha value is -3.12. The number of nitrogens with zero attached hydrogens (tertiary/aromatic N) is 2. The van der Waals surface area contributed by atoms with E-state index in [1.807, 2.05) is 44.2 Å². The van der Waals surface area contributed by atoms with Crippen LogP contribution in [-0.2, 0) is 0 Å². The predicted molar refractivity (Wildman–Crippen MR) is 112 cm³/mol. The summed E-state index contributed by atoms with van der Waals surface area (Å²) in [6.07, 6.45) is 0. The van der Waals surface area contributed by atoms with Gasteiger partial charge in [0.25, 0.3) is 5.91 Å². The Morgan fingerprint density at radius 1 is 1.07 bits per heavy atom. The number of halogens is 1. The van der Waals surface area contributed by atoms with Crippen molar-refractivity contribution in [2.75, 3.05) is 17.2 Å². The standard InChI is InChI=1S/C21H21ClN4O2/c1-4-28-19-8-6-5-7-16(19)25-20-12-18(23-14(3)24-20)21(27)26-17-11-15(22)10-9-13(17)2/h5-12H,4H2,1-3H3,(H,26,27)(H,23,24,25). The van der Waals surface area contributed by atoms with E-state index in [9.17, 15) is 4.79 Å². The van der Waals surface area contributed by atoms with E-state index in [1.54, 1.807) is 25.1 Å². The Labute approximate surface area is 168 Å². The van der Waals surface area contributed by atoms with Crippen LogP contribution in [0.2, 0.25) is 5.02 Å². The van der Waals surface area contributed by atoms with Crippen LogP contribution in [0.3, 0.4) is 0 Å². The number of amides is 1. The summed E-state index contributed by atoms with van der Waals surface area (Å²) in [5.74, 6) is 1.36. The normalized spacial score (nSPS) is 10.4. The van der Waals surface area contributed by atoms with Crippen LogP contribution < -0.4 is 15.4 Å². The maximum Gasteiger partial charge on any atom is 0.274 e. The second-order valence-corrected chi connectivity index (χ2v) is 6.59. The number of benzene rings is 2. The molecule has 0 spiro atoms. The highest BCUT2D eigenvalue weighted by atomic mass is 35.5. The van der Waals surface area contributed by atoms with Crippen LogP contribution in [-0.4, -0.2) is 22.5 Å². The lowest BCUT2D eigenvalue weighted by Gasteiger charge is -2.13. The number of hydrogen-bond acceptors (Lipinski definition) is 5. The number of ether oxygens (including phenoxy) is 1. The Morgan fingerprint density at radius 2 is 1.86 bits per heavy atom. The van der Waals surface area contributed by atoms with Gasteiger partial charge in [-0.3, -0.25) is 4.79 Å². The van der Waals surface area contributed by atoms with E-state index in [4.69, 9.17) is 16.3 Å². The Morgan fingerprint density at radius 3 is 2.64 bits per heavy atom. The van der Waals surface area contributed by atoms with Crippen molar-refractivity contribution in [3.63, 3.8) is 0 Å². The fourth-order valence-electron chi connectivity index (χ4n) is 2.65. The Bertz CT molecular complexity index is 1010. The zero-order valence-electron chi connectivity index (χ0n) is 15.9. The first-order chi connectivity index (χ1) is 13.5. The average molecular weight is 397 g/mol. The van der Waals surface area contributed by atoms with E-state index in [0.717, 1.165) is 11.3 Å². The zero-order chi connectivity index (χ0) is 20.1. The third kappa shape index (κ3) is 4.78. The Kier molecular flexibility index (Phi) is 6.11. The molecule has 1 heterocycles. The number of hydrogen-bond donors (Lipinski definition) is 2. The quantitative estimate of drug-likeness (QED) is 0.603. The molecule has 28 heavy (non-hydrogen) atoms. The predicted octanol–water partition coefficient (Wildman–Crippen LogP) is 5.14. The van der Waals surface area contributed by atoms with Crippen LogP contribution in [0.1, 0.15) is 28.8 Å². The van der Waals surface area contributed by atoms with Crippen LogP contribution in [0.5, 0.6) is 5.75 Å². The average Bonchev–Trinajstić information content (AvgIpc) is 2.66. The molecule has 0 bridgehead atoms. The molecule has 3 aromatic rings. The van der Waals surface area contributed by atoms with E-state index in [0.29, 0.717) is 34.7 Å². The van der Waals surface area contributed by atoms with Crippen molar-refractivity contribution in [2.45, 2.75) is 20.8 Å². The number of carbonyl (C=O) groups excluding carboxylic acids is 1. The lowest BCUT2D eigenvalue weighted by Crippen LogP contribution is -2.16. The summed E-state index contributed by atoms with van der Waals surface area (Å²) in [7, 11) is 0.